The van der Waals surface area contributed by atoms with Crippen LogP contribution in [0.4, 0.5) is 11.4 Å². The summed E-state index contributed by atoms with van der Waals surface area (Å²) in [5, 5.41) is 8.74. The third-order valence-electron chi connectivity index (χ3n) is 2.55. The molecule has 0 saturated carbocycles. The molecule has 0 saturated heterocycles. The maximum Gasteiger partial charge on any atom is 0.337 e. The number of benzene rings is 2. The number of hydrogen-bond acceptors (Lipinski definition) is 4. The monoisotopic (exact) mass is 323 g/mol. The van der Waals surface area contributed by atoms with Crippen LogP contribution in [0.5, 0.6) is 0 Å². The smallest absolute Gasteiger partial charge is 0.337 e. The van der Waals surface area contributed by atoms with Crippen molar-refractivity contribution < 1.29 is 9.53 Å². The molecule has 21 heavy (non-hydrogen) atoms. The number of halogens is 2. The van der Waals surface area contributed by atoms with Crippen LogP contribution < -0.4 is 5.43 Å². The van der Waals surface area contributed by atoms with Gasteiger partial charge in [0.15, 0.2) is 0 Å². The molecule has 0 aliphatic rings. The van der Waals surface area contributed by atoms with Gasteiger partial charge in [-0.2, -0.15) is 0 Å². The van der Waals surface area contributed by atoms with E-state index in [1.807, 2.05) is 0 Å². The van der Waals surface area contributed by atoms with Crippen LogP contribution in [0.3, 0.4) is 0 Å². The fraction of sp³-hybridized carbons (Fsp3) is 0.0714. The molecular formula is C14H11Cl2N3O2. The molecule has 2 aromatic carbocycles. The van der Waals surface area contributed by atoms with Crippen LogP contribution in [-0.4, -0.2) is 13.1 Å². The number of carbonyl (C=O) groups excluding carboxylic acids is 1. The summed E-state index contributed by atoms with van der Waals surface area (Å²) in [6.07, 6.45) is 0. The zero-order valence-electron chi connectivity index (χ0n) is 11.0. The normalized spacial score (nSPS) is 10.6. The Morgan fingerprint density at radius 2 is 1.86 bits per heavy atom. The molecular weight excluding hydrogens is 313 g/mol. The number of esters is 1. The fourth-order valence-electron chi connectivity index (χ4n) is 1.50. The SMILES string of the molecule is COC(=O)c1ccc(NN=Nc2cc(Cl)ccc2Cl)cc1. The molecule has 7 heteroatoms. The predicted octanol–water partition coefficient (Wildman–Crippen LogP) is 4.89. The summed E-state index contributed by atoms with van der Waals surface area (Å²) in [4.78, 5) is 11.3. The van der Waals surface area contributed by atoms with E-state index >= 15 is 0 Å². The van der Waals surface area contributed by atoms with Crippen molar-refractivity contribution in [3.05, 3.63) is 58.1 Å². The van der Waals surface area contributed by atoms with E-state index in [1.54, 1.807) is 42.5 Å². The van der Waals surface area contributed by atoms with Gasteiger partial charge < -0.3 is 4.74 Å². The van der Waals surface area contributed by atoms with Crippen LogP contribution in [-0.2, 0) is 4.74 Å². The van der Waals surface area contributed by atoms with Gasteiger partial charge in [-0.15, -0.1) is 5.11 Å². The highest BCUT2D eigenvalue weighted by molar-refractivity contribution is 6.35. The van der Waals surface area contributed by atoms with Crippen molar-refractivity contribution in [2.75, 3.05) is 12.5 Å². The highest BCUT2D eigenvalue weighted by atomic mass is 35.5. The maximum atomic E-state index is 11.3. The zero-order valence-corrected chi connectivity index (χ0v) is 12.5. The van der Waals surface area contributed by atoms with Gasteiger partial charge in [-0.05, 0) is 42.5 Å². The Hall–Kier alpha value is -2.11. The molecule has 0 amide bonds. The number of nitrogens with one attached hydrogen (secondary N) is 1. The van der Waals surface area contributed by atoms with Crippen LogP contribution in [0.15, 0.2) is 52.8 Å². The van der Waals surface area contributed by atoms with Gasteiger partial charge in [0.05, 0.1) is 23.4 Å². The highest BCUT2D eigenvalue weighted by Crippen LogP contribution is 2.28. The van der Waals surface area contributed by atoms with E-state index in [0.29, 0.717) is 27.0 Å². The first-order valence-corrected chi connectivity index (χ1v) is 6.66. The fourth-order valence-corrected chi connectivity index (χ4v) is 1.82. The van der Waals surface area contributed by atoms with Gasteiger partial charge >= 0.3 is 5.97 Å². The minimum Gasteiger partial charge on any atom is -0.465 e. The number of hydrogen-bond donors (Lipinski definition) is 1. The molecule has 0 aromatic heterocycles. The molecule has 0 heterocycles. The average molecular weight is 324 g/mol. The van der Waals surface area contributed by atoms with E-state index in [0.717, 1.165) is 0 Å². The molecule has 0 aliphatic heterocycles. The second kappa shape index (κ2) is 7.06. The number of rotatable bonds is 4. The third kappa shape index (κ3) is 4.18. The molecule has 0 unspecified atom stereocenters. The summed E-state index contributed by atoms with van der Waals surface area (Å²) in [6.45, 7) is 0. The lowest BCUT2D eigenvalue weighted by molar-refractivity contribution is 0.0601. The highest BCUT2D eigenvalue weighted by Gasteiger charge is 2.04. The van der Waals surface area contributed by atoms with Crippen LogP contribution in [0.25, 0.3) is 0 Å². The topological polar surface area (TPSA) is 63.0 Å². The van der Waals surface area contributed by atoms with E-state index in [1.165, 1.54) is 7.11 Å². The second-order valence-corrected chi connectivity index (χ2v) is 4.82. The van der Waals surface area contributed by atoms with Gasteiger partial charge in [-0.3, -0.25) is 5.43 Å². The summed E-state index contributed by atoms with van der Waals surface area (Å²) < 4.78 is 4.61. The van der Waals surface area contributed by atoms with Crippen LogP contribution >= 0.6 is 23.2 Å². The Labute approximate surface area is 131 Å². The minimum atomic E-state index is -0.395. The summed E-state index contributed by atoms with van der Waals surface area (Å²) in [6, 6.07) is 11.5. The number of methoxy groups -OCH3 is 1. The average Bonchev–Trinajstić information content (AvgIpc) is 2.50. The van der Waals surface area contributed by atoms with Crippen LogP contribution in [0.2, 0.25) is 10.0 Å². The molecule has 0 atom stereocenters. The second-order valence-electron chi connectivity index (χ2n) is 3.98. The van der Waals surface area contributed by atoms with Gasteiger partial charge in [0.25, 0.3) is 0 Å². The van der Waals surface area contributed by atoms with E-state index in [-0.39, 0.29) is 0 Å². The third-order valence-corrected chi connectivity index (χ3v) is 3.11. The molecule has 1 N–H and O–H groups in total. The van der Waals surface area contributed by atoms with E-state index in [9.17, 15) is 4.79 Å². The summed E-state index contributed by atoms with van der Waals surface area (Å²) in [5.74, 6) is -0.395. The van der Waals surface area contributed by atoms with Crippen LogP contribution in [0, 0.1) is 0 Å². The predicted molar refractivity (Wildman–Crippen MR) is 82.4 cm³/mol. The summed E-state index contributed by atoms with van der Waals surface area (Å²) in [5.41, 5.74) is 4.32. The summed E-state index contributed by atoms with van der Waals surface area (Å²) >= 11 is 11.8. The molecule has 2 aromatic rings. The van der Waals surface area contributed by atoms with Crippen molar-refractivity contribution >= 4 is 40.5 Å². The first-order valence-electron chi connectivity index (χ1n) is 5.90. The molecule has 0 spiro atoms. The van der Waals surface area contributed by atoms with Crippen molar-refractivity contribution in [1.29, 1.82) is 0 Å². The number of carbonyl (C=O) groups is 1. The molecule has 5 nitrogen and oxygen atoms in total. The van der Waals surface area contributed by atoms with Crippen molar-refractivity contribution in [2.45, 2.75) is 0 Å². The Morgan fingerprint density at radius 1 is 1.14 bits per heavy atom. The van der Waals surface area contributed by atoms with Crippen molar-refractivity contribution in [2.24, 2.45) is 10.3 Å². The van der Waals surface area contributed by atoms with E-state index in [4.69, 9.17) is 23.2 Å². The van der Waals surface area contributed by atoms with Crippen molar-refractivity contribution in [3.63, 3.8) is 0 Å². The van der Waals surface area contributed by atoms with Gasteiger partial charge in [0.2, 0.25) is 0 Å². The number of ether oxygens (including phenoxy) is 1. The van der Waals surface area contributed by atoms with E-state index < -0.39 is 5.97 Å². The van der Waals surface area contributed by atoms with Gasteiger partial charge in [0.1, 0.15) is 5.69 Å². The lowest BCUT2D eigenvalue weighted by Crippen LogP contribution is -2.00. The first-order chi connectivity index (χ1) is 10.1. The lowest BCUT2D eigenvalue weighted by Gasteiger charge is -2.02. The molecule has 0 radical (unpaired) electrons. The summed E-state index contributed by atoms with van der Waals surface area (Å²) in [7, 11) is 1.33. The van der Waals surface area contributed by atoms with Crippen LogP contribution in [0.1, 0.15) is 10.4 Å². The Morgan fingerprint density at radius 3 is 2.52 bits per heavy atom. The standard InChI is InChI=1S/C14H11Cl2N3O2/c1-21-14(20)9-2-5-11(6-3-9)17-19-18-13-8-10(15)4-7-12(13)16/h2-8H,1H3,(H,17,18). The molecule has 0 bridgehead atoms. The van der Waals surface area contributed by atoms with Crippen molar-refractivity contribution in [1.82, 2.24) is 0 Å². The molecule has 0 aliphatic carbocycles. The van der Waals surface area contributed by atoms with Crippen molar-refractivity contribution in [3.8, 4) is 0 Å². The number of anilines is 1. The van der Waals surface area contributed by atoms with Gasteiger partial charge in [0, 0.05) is 5.02 Å². The quantitative estimate of drug-likeness (QED) is 0.495. The molecule has 0 fully saturated rings. The lowest BCUT2D eigenvalue weighted by atomic mass is 10.2. The van der Waals surface area contributed by atoms with E-state index in [2.05, 4.69) is 20.5 Å². The zero-order chi connectivity index (χ0) is 15.2. The molecule has 108 valence electrons. The Kier molecular flexibility index (Phi) is 5.14. The number of nitrogens with zero attached hydrogens (tertiary/aromatic N) is 2. The van der Waals surface area contributed by atoms with Gasteiger partial charge in [-0.25, -0.2) is 4.79 Å². The minimum absolute atomic E-state index is 0.395. The Bertz CT molecular complexity index is 672. The first kappa shape index (κ1) is 15.3. The Balaban J connectivity index is 2.04. The molecule has 2 rings (SSSR count). The maximum absolute atomic E-state index is 11.3. The largest absolute Gasteiger partial charge is 0.465 e. The van der Waals surface area contributed by atoms with Gasteiger partial charge in [-0.1, -0.05) is 28.4 Å².